The predicted molar refractivity (Wildman–Crippen MR) is 114 cm³/mol. The van der Waals surface area contributed by atoms with Gasteiger partial charge in [0.05, 0.1) is 17.6 Å². The number of hydrogen-bond acceptors (Lipinski definition) is 4. The van der Waals surface area contributed by atoms with Crippen molar-refractivity contribution in [3.05, 3.63) is 64.9 Å². The molecule has 0 bridgehead atoms. The Labute approximate surface area is 179 Å². The van der Waals surface area contributed by atoms with Crippen LogP contribution in [0.1, 0.15) is 35.4 Å². The van der Waals surface area contributed by atoms with Crippen LogP contribution in [0.3, 0.4) is 0 Å². The van der Waals surface area contributed by atoms with Crippen molar-refractivity contribution in [3.63, 3.8) is 0 Å². The Morgan fingerprint density at radius 3 is 2.39 bits per heavy atom. The first-order valence-corrected chi connectivity index (χ1v) is 11.7. The van der Waals surface area contributed by atoms with E-state index in [1.54, 1.807) is 24.3 Å². The summed E-state index contributed by atoms with van der Waals surface area (Å²) >= 11 is 0. The van der Waals surface area contributed by atoms with Crippen LogP contribution in [0.25, 0.3) is 5.69 Å². The monoisotopic (exact) mass is 440 g/mol. The summed E-state index contributed by atoms with van der Waals surface area (Å²) in [5.74, 6) is -0.890. The lowest BCUT2D eigenvalue weighted by Crippen LogP contribution is -2.20. The number of aromatic nitrogens is 3. The predicted octanol–water partition coefficient (Wildman–Crippen LogP) is 3.32. The molecule has 1 atom stereocenters. The third kappa shape index (κ3) is 3.61. The van der Waals surface area contributed by atoms with Gasteiger partial charge in [0, 0.05) is 11.4 Å². The standard InChI is InChI=1S/C21H21FN6O2S/c22-16-12-28(13-6-2-1-3-7-13)26-20(16)31(23,30)27-21(29)25-19-14-8-4-10-17(14)24-18-11-5-9-15(18)19/h1-3,6-7,12H,4-5,8-11H2,(H3,23,24,25,27,29,30). The number of rotatable bonds is 3. The zero-order valence-electron chi connectivity index (χ0n) is 16.7. The smallest absolute Gasteiger partial charge is 0.305 e. The fourth-order valence-corrected chi connectivity index (χ4v) is 5.20. The molecule has 2 amide bonds. The van der Waals surface area contributed by atoms with Crippen LogP contribution in [0.5, 0.6) is 0 Å². The molecule has 10 heteroatoms. The number of para-hydroxylation sites is 1. The number of benzene rings is 1. The van der Waals surface area contributed by atoms with Crippen molar-refractivity contribution in [2.24, 2.45) is 9.50 Å². The molecule has 0 aliphatic heterocycles. The molecule has 2 heterocycles. The molecule has 5 rings (SSSR count). The van der Waals surface area contributed by atoms with Gasteiger partial charge in [0.15, 0.2) is 15.7 Å². The van der Waals surface area contributed by atoms with Gasteiger partial charge in [-0.1, -0.05) is 18.2 Å². The number of carbonyl (C=O) groups is 1. The summed E-state index contributed by atoms with van der Waals surface area (Å²) in [5, 5.41) is 12.0. The van der Waals surface area contributed by atoms with Crippen LogP contribution in [-0.4, -0.2) is 25.0 Å². The molecule has 0 fully saturated rings. The second-order valence-electron chi connectivity index (χ2n) is 7.70. The van der Waals surface area contributed by atoms with Crippen LogP contribution in [-0.2, 0) is 35.6 Å². The van der Waals surface area contributed by atoms with Gasteiger partial charge in [0.25, 0.3) is 0 Å². The minimum atomic E-state index is -3.89. The number of pyridine rings is 1. The molecule has 3 N–H and O–H groups in total. The highest BCUT2D eigenvalue weighted by Gasteiger charge is 2.27. The molecule has 8 nitrogen and oxygen atoms in total. The lowest BCUT2D eigenvalue weighted by molar-refractivity contribution is 0.260. The lowest BCUT2D eigenvalue weighted by atomic mass is 10.1. The van der Waals surface area contributed by atoms with Crippen molar-refractivity contribution in [2.75, 3.05) is 5.32 Å². The van der Waals surface area contributed by atoms with Gasteiger partial charge in [-0.05, 0) is 61.8 Å². The van der Waals surface area contributed by atoms with Gasteiger partial charge < -0.3 is 5.32 Å². The van der Waals surface area contributed by atoms with Gasteiger partial charge in [-0.3, -0.25) is 4.98 Å². The molecule has 2 aromatic heterocycles. The van der Waals surface area contributed by atoms with Gasteiger partial charge in [-0.25, -0.2) is 23.2 Å². The Bertz CT molecular complexity index is 1280. The van der Waals surface area contributed by atoms with Crippen LogP contribution in [0, 0.1) is 5.82 Å². The summed E-state index contributed by atoms with van der Waals surface area (Å²) in [5.41, 5.74) is 5.28. The Morgan fingerprint density at radius 1 is 1.10 bits per heavy atom. The Hall–Kier alpha value is -3.11. The van der Waals surface area contributed by atoms with E-state index < -0.39 is 26.8 Å². The number of hydrogen-bond donors (Lipinski definition) is 2. The molecule has 2 aliphatic carbocycles. The number of amides is 2. The van der Waals surface area contributed by atoms with Crippen molar-refractivity contribution < 1.29 is 13.4 Å². The Kier molecular flexibility index (Phi) is 4.82. The molecule has 1 unspecified atom stereocenters. The van der Waals surface area contributed by atoms with Crippen molar-refractivity contribution in [1.82, 2.24) is 14.8 Å². The average molecular weight is 441 g/mol. The number of carbonyl (C=O) groups excluding carboxylic acids is 1. The Balaban J connectivity index is 1.47. The number of urea groups is 1. The van der Waals surface area contributed by atoms with E-state index in [9.17, 15) is 13.4 Å². The zero-order chi connectivity index (χ0) is 21.6. The molecule has 31 heavy (non-hydrogen) atoms. The second-order valence-corrected chi connectivity index (χ2v) is 9.40. The normalized spacial score (nSPS) is 16.5. The number of nitrogens with one attached hydrogen (secondary N) is 1. The fraction of sp³-hybridized carbons (Fsp3) is 0.286. The molecular weight excluding hydrogens is 419 g/mol. The fourth-order valence-electron chi connectivity index (χ4n) is 4.28. The highest BCUT2D eigenvalue weighted by molar-refractivity contribution is 7.91. The summed E-state index contributed by atoms with van der Waals surface area (Å²) in [6, 6.07) is 7.88. The molecule has 160 valence electrons. The number of fused-ring (bicyclic) bond motifs is 2. The molecule has 0 spiro atoms. The summed E-state index contributed by atoms with van der Waals surface area (Å²) < 4.78 is 32.3. The summed E-state index contributed by atoms with van der Waals surface area (Å²) in [4.78, 5) is 17.4. The topological polar surface area (TPSA) is 115 Å². The summed E-state index contributed by atoms with van der Waals surface area (Å²) in [6.07, 6.45) is 6.39. The van der Waals surface area contributed by atoms with E-state index in [0.29, 0.717) is 11.4 Å². The van der Waals surface area contributed by atoms with Gasteiger partial charge in [-0.15, -0.1) is 4.36 Å². The number of nitrogens with zero attached hydrogens (tertiary/aromatic N) is 4. The maximum Gasteiger partial charge on any atom is 0.354 e. The van der Waals surface area contributed by atoms with Crippen LogP contribution in [0.2, 0.25) is 0 Å². The van der Waals surface area contributed by atoms with Gasteiger partial charge >= 0.3 is 6.03 Å². The Morgan fingerprint density at radius 2 is 1.74 bits per heavy atom. The quantitative estimate of drug-likeness (QED) is 0.650. The van der Waals surface area contributed by atoms with Gasteiger partial charge in [0.1, 0.15) is 0 Å². The number of halogens is 1. The average Bonchev–Trinajstić information content (AvgIpc) is 3.47. The number of aryl methyl sites for hydroxylation is 2. The molecule has 1 aromatic carbocycles. The number of anilines is 1. The molecule has 3 aromatic rings. The zero-order valence-corrected chi connectivity index (χ0v) is 17.5. The van der Waals surface area contributed by atoms with E-state index in [1.807, 2.05) is 6.07 Å². The van der Waals surface area contributed by atoms with Crippen LogP contribution in [0.4, 0.5) is 14.9 Å². The molecule has 2 aliphatic rings. The minimum Gasteiger partial charge on any atom is -0.305 e. The third-order valence-electron chi connectivity index (χ3n) is 5.64. The van der Waals surface area contributed by atoms with Crippen LogP contribution < -0.4 is 10.5 Å². The molecule has 0 saturated heterocycles. The highest BCUT2D eigenvalue weighted by Crippen LogP contribution is 2.36. The van der Waals surface area contributed by atoms with E-state index in [-0.39, 0.29) is 0 Å². The van der Waals surface area contributed by atoms with Crippen molar-refractivity contribution in [2.45, 2.75) is 43.6 Å². The van der Waals surface area contributed by atoms with Gasteiger partial charge in [0.2, 0.25) is 5.03 Å². The SMILES string of the molecule is NS(=O)(=NC(=O)Nc1c2c(nc3c1CCC3)CCC2)c1nn(-c2ccccc2)cc1F. The maximum absolute atomic E-state index is 14.5. The largest absolute Gasteiger partial charge is 0.354 e. The van der Waals surface area contributed by atoms with Gasteiger partial charge in [-0.2, -0.15) is 5.10 Å². The maximum atomic E-state index is 14.5. The molecular formula is C21H21FN6O2S. The second kappa shape index (κ2) is 7.54. The first-order valence-electron chi connectivity index (χ1n) is 10.1. The van der Waals surface area contributed by atoms with Crippen molar-refractivity contribution >= 4 is 21.6 Å². The summed E-state index contributed by atoms with van der Waals surface area (Å²) in [7, 11) is -3.89. The van der Waals surface area contributed by atoms with Crippen LogP contribution in [0.15, 0.2) is 45.9 Å². The first kappa shape index (κ1) is 19.8. The summed E-state index contributed by atoms with van der Waals surface area (Å²) in [6.45, 7) is 0. The van der Waals surface area contributed by atoms with Crippen LogP contribution >= 0.6 is 0 Å². The van der Waals surface area contributed by atoms with Crippen molar-refractivity contribution in [3.8, 4) is 5.69 Å². The van der Waals surface area contributed by atoms with E-state index in [2.05, 4.69) is 14.8 Å². The van der Waals surface area contributed by atoms with E-state index >= 15 is 0 Å². The van der Waals surface area contributed by atoms with E-state index in [4.69, 9.17) is 10.1 Å². The van der Waals surface area contributed by atoms with E-state index in [1.165, 1.54) is 4.68 Å². The number of nitrogens with two attached hydrogens (primary N) is 1. The molecule has 0 radical (unpaired) electrons. The van der Waals surface area contributed by atoms with E-state index in [0.717, 1.165) is 67.2 Å². The third-order valence-corrected chi connectivity index (χ3v) is 6.91. The first-order chi connectivity index (χ1) is 14.9. The minimum absolute atomic E-state index is 0.559. The molecule has 0 saturated carbocycles. The van der Waals surface area contributed by atoms with Crippen molar-refractivity contribution in [1.29, 1.82) is 0 Å². The lowest BCUT2D eigenvalue weighted by Gasteiger charge is -2.14. The highest BCUT2D eigenvalue weighted by atomic mass is 32.2.